The number of hydrogen-bond donors (Lipinski definition) is 1. The molecule has 0 bridgehead atoms. The van der Waals surface area contributed by atoms with Crippen LogP contribution in [0.2, 0.25) is 0 Å². The number of hydrogen-bond acceptors (Lipinski definition) is 1. The molecule has 74 valence electrons. The van der Waals surface area contributed by atoms with E-state index in [1.54, 1.807) is 0 Å². The molecule has 0 aliphatic carbocycles. The van der Waals surface area contributed by atoms with Crippen LogP contribution in [-0.2, 0) is 10.2 Å². The third kappa shape index (κ3) is 1.55. The van der Waals surface area contributed by atoms with E-state index in [4.69, 9.17) is 0 Å². The molecule has 0 radical (unpaired) electrons. The van der Waals surface area contributed by atoms with Crippen molar-refractivity contribution in [3.05, 3.63) is 48.6 Å². The molecule has 1 rings (SSSR count). The molecule has 2 nitrogen and oxygen atoms in total. The Labute approximate surface area is 83.9 Å². The van der Waals surface area contributed by atoms with Crippen LogP contribution in [0, 0.1) is 0 Å². The van der Waals surface area contributed by atoms with Crippen molar-refractivity contribution in [2.45, 2.75) is 18.8 Å². The third-order valence-corrected chi connectivity index (χ3v) is 2.58. The SMILES string of the molecule is C=C[C@](CC)(C(=O)O)c1ccccc1. The molecular weight excluding hydrogens is 176 g/mol. The van der Waals surface area contributed by atoms with Gasteiger partial charge < -0.3 is 5.11 Å². The Morgan fingerprint density at radius 3 is 2.43 bits per heavy atom. The number of rotatable bonds is 4. The van der Waals surface area contributed by atoms with Crippen LogP contribution in [0.3, 0.4) is 0 Å². The smallest absolute Gasteiger partial charge is 0.317 e. The van der Waals surface area contributed by atoms with E-state index in [0.717, 1.165) is 5.56 Å². The Bertz CT molecular complexity index is 329. The number of carbonyl (C=O) groups is 1. The highest BCUT2D eigenvalue weighted by Crippen LogP contribution is 2.29. The second-order valence-corrected chi connectivity index (χ2v) is 3.20. The van der Waals surface area contributed by atoms with Crippen molar-refractivity contribution in [2.75, 3.05) is 0 Å². The first-order valence-electron chi connectivity index (χ1n) is 4.60. The highest BCUT2D eigenvalue weighted by atomic mass is 16.4. The van der Waals surface area contributed by atoms with Crippen LogP contribution in [0.5, 0.6) is 0 Å². The summed E-state index contributed by atoms with van der Waals surface area (Å²) < 4.78 is 0. The lowest BCUT2D eigenvalue weighted by atomic mass is 9.78. The number of carboxylic acid groups (broad SMARTS) is 1. The van der Waals surface area contributed by atoms with Crippen LogP contribution < -0.4 is 0 Å². The van der Waals surface area contributed by atoms with Crippen LogP contribution in [0.25, 0.3) is 0 Å². The average molecular weight is 190 g/mol. The van der Waals surface area contributed by atoms with E-state index in [9.17, 15) is 9.90 Å². The van der Waals surface area contributed by atoms with E-state index in [-0.39, 0.29) is 0 Å². The summed E-state index contributed by atoms with van der Waals surface area (Å²) in [6, 6.07) is 9.19. The molecule has 0 heterocycles. The molecule has 0 unspecified atom stereocenters. The summed E-state index contributed by atoms with van der Waals surface area (Å²) >= 11 is 0. The van der Waals surface area contributed by atoms with Gasteiger partial charge in [0.05, 0.1) is 0 Å². The molecule has 1 N–H and O–H groups in total. The van der Waals surface area contributed by atoms with Crippen LogP contribution >= 0.6 is 0 Å². The summed E-state index contributed by atoms with van der Waals surface area (Å²) in [5.74, 6) is -0.846. The first kappa shape index (κ1) is 10.5. The van der Waals surface area contributed by atoms with Gasteiger partial charge >= 0.3 is 5.97 Å². The first-order valence-corrected chi connectivity index (χ1v) is 4.60. The van der Waals surface area contributed by atoms with E-state index >= 15 is 0 Å². The van der Waals surface area contributed by atoms with E-state index in [1.807, 2.05) is 37.3 Å². The highest BCUT2D eigenvalue weighted by molar-refractivity contribution is 5.83. The lowest BCUT2D eigenvalue weighted by Gasteiger charge is -2.24. The Balaban J connectivity index is 3.24. The quantitative estimate of drug-likeness (QED) is 0.741. The lowest BCUT2D eigenvalue weighted by Crippen LogP contribution is -2.32. The van der Waals surface area contributed by atoms with Gasteiger partial charge in [-0.3, -0.25) is 4.79 Å². The molecule has 0 aliphatic rings. The zero-order valence-electron chi connectivity index (χ0n) is 8.23. The topological polar surface area (TPSA) is 37.3 Å². The monoisotopic (exact) mass is 190 g/mol. The maximum absolute atomic E-state index is 11.2. The molecule has 1 atom stereocenters. The van der Waals surface area contributed by atoms with E-state index in [1.165, 1.54) is 6.08 Å². The molecule has 0 amide bonds. The summed E-state index contributed by atoms with van der Waals surface area (Å²) in [5.41, 5.74) is -0.161. The first-order chi connectivity index (χ1) is 6.67. The Kier molecular flexibility index (Phi) is 3.07. The highest BCUT2D eigenvalue weighted by Gasteiger charge is 2.34. The summed E-state index contributed by atoms with van der Waals surface area (Å²) in [7, 11) is 0. The summed E-state index contributed by atoms with van der Waals surface area (Å²) in [6.45, 7) is 5.47. The molecule has 2 heteroatoms. The van der Waals surface area contributed by atoms with Crippen molar-refractivity contribution in [1.29, 1.82) is 0 Å². The zero-order chi connectivity index (χ0) is 10.6. The van der Waals surface area contributed by atoms with Crippen LogP contribution in [0.1, 0.15) is 18.9 Å². The molecule has 0 spiro atoms. The average Bonchev–Trinajstić information content (AvgIpc) is 2.22. The Hall–Kier alpha value is -1.57. The van der Waals surface area contributed by atoms with Gasteiger partial charge in [-0.2, -0.15) is 0 Å². The predicted octanol–water partition coefficient (Wildman–Crippen LogP) is 2.61. The second-order valence-electron chi connectivity index (χ2n) is 3.20. The molecular formula is C12H14O2. The van der Waals surface area contributed by atoms with E-state index in [0.29, 0.717) is 6.42 Å². The van der Waals surface area contributed by atoms with Gasteiger partial charge in [0, 0.05) is 0 Å². The van der Waals surface area contributed by atoms with Gasteiger partial charge in [-0.25, -0.2) is 0 Å². The predicted molar refractivity (Wildman–Crippen MR) is 56.2 cm³/mol. The van der Waals surface area contributed by atoms with Gasteiger partial charge in [0.25, 0.3) is 0 Å². The van der Waals surface area contributed by atoms with Crippen molar-refractivity contribution in [2.24, 2.45) is 0 Å². The van der Waals surface area contributed by atoms with Gasteiger partial charge in [0.15, 0.2) is 0 Å². The third-order valence-electron chi connectivity index (χ3n) is 2.58. The zero-order valence-corrected chi connectivity index (χ0v) is 8.23. The maximum Gasteiger partial charge on any atom is 0.317 e. The Morgan fingerprint density at radius 1 is 1.50 bits per heavy atom. The fourth-order valence-electron chi connectivity index (χ4n) is 1.56. The van der Waals surface area contributed by atoms with Crippen molar-refractivity contribution < 1.29 is 9.90 Å². The van der Waals surface area contributed by atoms with Crippen LogP contribution in [-0.4, -0.2) is 11.1 Å². The van der Waals surface area contributed by atoms with Crippen molar-refractivity contribution in [1.82, 2.24) is 0 Å². The molecule has 0 saturated heterocycles. The molecule has 0 aliphatic heterocycles. The van der Waals surface area contributed by atoms with Gasteiger partial charge in [-0.1, -0.05) is 43.3 Å². The summed E-state index contributed by atoms with van der Waals surface area (Å²) in [6.07, 6.45) is 2.01. The van der Waals surface area contributed by atoms with Gasteiger partial charge in [-0.15, -0.1) is 6.58 Å². The van der Waals surface area contributed by atoms with Crippen LogP contribution in [0.15, 0.2) is 43.0 Å². The fraction of sp³-hybridized carbons (Fsp3) is 0.250. The van der Waals surface area contributed by atoms with Gasteiger partial charge in [-0.05, 0) is 12.0 Å². The standard InChI is InChI=1S/C12H14O2/c1-3-12(4-2,11(13)14)10-8-6-5-7-9-10/h3,5-9H,1,4H2,2H3,(H,13,14)/t12-/m1/s1. The maximum atomic E-state index is 11.2. The second kappa shape index (κ2) is 4.09. The van der Waals surface area contributed by atoms with Crippen molar-refractivity contribution in [3.63, 3.8) is 0 Å². The summed E-state index contributed by atoms with van der Waals surface area (Å²) in [5, 5.41) is 9.21. The molecule has 14 heavy (non-hydrogen) atoms. The molecule has 1 aromatic carbocycles. The lowest BCUT2D eigenvalue weighted by molar-refractivity contribution is -0.142. The van der Waals surface area contributed by atoms with Crippen molar-refractivity contribution in [3.8, 4) is 0 Å². The minimum Gasteiger partial charge on any atom is -0.480 e. The van der Waals surface area contributed by atoms with E-state index in [2.05, 4.69) is 6.58 Å². The molecule has 0 saturated carbocycles. The summed E-state index contributed by atoms with van der Waals surface area (Å²) in [4.78, 5) is 11.2. The fourth-order valence-corrected chi connectivity index (χ4v) is 1.56. The number of benzene rings is 1. The van der Waals surface area contributed by atoms with Gasteiger partial charge in [0.2, 0.25) is 0 Å². The molecule has 0 aromatic heterocycles. The molecule has 1 aromatic rings. The molecule has 0 fully saturated rings. The van der Waals surface area contributed by atoms with Gasteiger partial charge in [0.1, 0.15) is 5.41 Å². The number of aliphatic carboxylic acids is 1. The normalized spacial score (nSPS) is 14.4. The minimum absolute atomic E-state index is 0.510. The van der Waals surface area contributed by atoms with Crippen LogP contribution in [0.4, 0.5) is 0 Å². The Morgan fingerprint density at radius 2 is 2.07 bits per heavy atom. The van der Waals surface area contributed by atoms with E-state index < -0.39 is 11.4 Å². The largest absolute Gasteiger partial charge is 0.480 e. The number of carboxylic acids is 1. The minimum atomic E-state index is -0.943. The van der Waals surface area contributed by atoms with Crippen molar-refractivity contribution >= 4 is 5.97 Å².